The third-order valence-corrected chi connectivity index (χ3v) is 2.76. The molecule has 2 rings (SSSR count). The van der Waals surface area contributed by atoms with Gasteiger partial charge in [-0.2, -0.15) is 0 Å². The van der Waals surface area contributed by atoms with Crippen LogP contribution in [0, 0.1) is 0 Å². The third kappa shape index (κ3) is 3.07. The van der Waals surface area contributed by atoms with Crippen molar-refractivity contribution in [3.05, 3.63) is 42.0 Å². The van der Waals surface area contributed by atoms with E-state index in [1.54, 1.807) is 6.08 Å². The van der Waals surface area contributed by atoms with Crippen molar-refractivity contribution in [1.29, 1.82) is 0 Å². The van der Waals surface area contributed by atoms with E-state index >= 15 is 0 Å². The standard InChI is InChI=1S/C13H17N3O/c1-2-6-15-13(17)16-12-4-3-10-5-7-14-9-11(10)8-12/h2-4,8,14H,1,5-7,9H2,(H2,15,16,17). The van der Waals surface area contributed by atoms with Crippen molar-refractivity contribution in [3.8, 4) is 0 Å². The molecule has 0 atom stereocenters. The summed E-state index contributed by atoms with van der Waals surface area (Å²) in [6, 6.07) is 5.85. The van der Waals surface area contributed by atoms with Crippen LogP contribution in [0.4, 0.5) is 10.5 Å². The van der Waals surface area contributed by atoms with Crippen LogP contribution < -0.4 is 16.0 Å². The van der Waals surface area contributed by atoms with E-state index in [1.807, 2.05) is 12.1 Å². The lowest BCUT2D eigenvalue weighted by Crippen LogP contribution is -2.29. The van der Waals surface area contributed by atoms with Crippen molar-refractivity contribution < 1.29 is 4.79 Å². The second-order valence-corrected chi connectivity index (χ2v) is 4.03. The molecule has 0 bridgehead atoms. The monoisotopic (exact) mass is 231 g/mol. The van der Waals surface area contributed by atoms with E-state index in [1.165, 1.54) is 11.1 Å². The van der Waals surface area contributed by atoms with Crippen molar-refractivity contribution in [1.82, 2.24) is 10.6 Å². The molecule has 17 heavy (non-hydrogen) atoms. The molecule has 0 unspecified atom stereocenters. The van der Waals surface area contributed by atoms with Crippen LogP contribution in [0.25, 0.3) is 0 Å². The van der Waals surface area contributed by atoms with Gasteiger partial charge in [0.1, 0.15) is 0 Å². The van der Waals surface area contributed by atoms with Crippen LogP contribution in [0.3, 0.4) is 0 Å². The van der Waals surface area contributed by atoms with E-state index in [9.17, 15) is 4.79 Å². The Kier molecular flexibility index (Phi) is 3.77. The molecule has 1 aromatic rings. The molecule has 0 saturated carbocycles. The molecule has 0 saturated heterocycles. The van der Waals surface area contributed by atoms with Gasteiger partial charge in [0.15, 0.2) is 0 Å². The maximum absolute atomic E-state index is 11.5. The highest BCUT2D eigenvalue weighted by molar-refractivity contribution is 5.89. The maximum atomic E-state index is 11.5. The molecule has 90 valence electrons. The highest BCUT2D eigenvalue weighted by Gasteiger charge is 2.09. The summed E-state index contributed by atoms with van der Waals surface area (Å²) in [4.78, 5) is 11.5. The number of carbonyl (C=O) groups is 1. The average Bonchev–Trinajstić information content (AvgIpc) is 2.36. The van der Waals surface area contributed by atoms with Crippen LogP contribution in [-0.2, 0) is 13.0 Å². The molecule has 4 heteroatoms. The number of nitrogens with one attached hydrogen (secondary N) is 3. The van der Waals surface area contributed by atoms with Crippen LogP contribution in [-0.4, -0.2) is 19.1 Å². The predicted octanol–water partition coefficient (Wildman–Crippen LogP) is 1.64. The molecular formula is C13H17N3O. The molecule has 0 aromatic heterocycles. The average molecular weight is 231 g/mol. The van der Waals surface area contributed by atoms with Crippen molar-refractivity contribution >= 4 is 11.7 Å². The first-order chi connectivity index (χ1) is 8.29. The third-order valence-electron chi connectivity index (χ3n) is 2.76. The van der Waals surface area contributed by atoms with Crippen LogP contribution in [0.2, 0.25) is 0 Å². The number of hydrogen-bond acceptors (Lipinski definition) is 2. The van der Waals surface area contributed by atoms with Crippen LogP contribution in [0.15, 0.2) is 30.9 Å². The van der Waals surface area contributed by atoms with Gasteiger partial charge in [-0.15, -0.1) is 6.58 Å². The largest absolute Gasteiger partial charge is 0.334 e. The number of anilines is 1. The number of benzene rings is 1. The van der Waals surface area contributed by atoms with Gasteiger partial charge >= 0.3 is 6.03 Å². The molecule has 0 aliphatic carbocycles. The van der Waals surface area contributed by atoms with E-state index < -0.39 is 0 Å². The fraction of sp³-hybridized carbons (Fsp3) is 0.308. The fourth-order valence-corrected chi connectivity index (χ4v) is 1.90. The first-order valence-electron chi connectivity index (χ1n) is 5.78. The Morgan fingerprint density at radius 2 is 2.35 bits per heavy atom. The first-order valence-corrected chi connectivity index (χ1v) is 5.78. The van der Waals surface area contributed by atoms with Gasteiger partial charge < -0.3 is 16.0 Å². The van der Waals surface area contributed by atoms with Crippen molar-refractivity contribution in [3.63, 3.8) is 0 Å². The molecule has 1 aromatic carbocycles. The summed E-state index contributed by atoms with van der Waals surface area (Å²) in [5, 5.41) is 8.79. The van der Waals surface area contributed by atoms with Gasteiger partial charge in [0.05, 0.1) is 0 Å². The summed E-state index contributed by atoms with van der Waals surface area (Å²) < 4.78 is 0. The van der Waals surface area contributed by atoms with E-state index in [-0.39, 0.29) is 6.03 Å². The Balaban J connectivity index is 2.01. The zero-order chi connectivity index (χ0) is 12.1. The van der Waals surface area contributed by atoms with E-state index in [0.29, 0.717) is 6.54 Å². The minimum atomic E-state index is -0.200. The van der Waals surface area contributed by atoms with Crippen molar-refractivity contribution in [2.45, 2.75) is 13.0 Å². The van der Waals surface area contributed by atoms with Gasteiger partial charge in [-0.1, -0.05) is 12.1 Å². The Morgan fingerprint density at radius 3 is 3.18 bits per heavy atom. The Labute approximate surface area is 101 Å². The van der Waals surface area contributed by atoms with Crippen LogP contribution in [0.1, 0.15) is 11.1 Å². The van der Waals surface area contributed by atoms with E-state index in [2.05, 4.69) is 28.6 Å². The van der Waals surface area contributed by atoms with Crippen molar-refractivity contribution in [2.24, 2.45) is 0 Å². The lowest BCUT2D eigenvalue weighted by atomic mass is 10.0. The Hall–Kier alpha value is -1.81. The van der Waals surface area contributed by atoms with Gasteiger partial charge in [0.25, 0.3) is 0 Å². The summed E-state index contributed by atoms with van der Waals surface area (Å²) in [5.74, 6) is 0. The molecule has 2 amide bonds. The minimum Gasteiger partial charge on any atom is -0.334 e. The van der Waals surface area contributed by atoms with E-state index in [4.69, 9.17) is 0 Å². The van der Waals surface area contributed by atoms with Gasteiger partial charge in [0.2, 0.25) is 0 Å². The second kappa shape index (κ2) is 5.50. The Morgan fingerprint density at radius 1 is 1.47 bits per heavy atom. The SMILES string of the molecule is C=CCNC(=O)Nc1ccc2c(c1)CNCC2. The molecule has 1 aliphatic heterocycles. The number of fused-ring (bicyclic) bond motifs is 1. The van der Waals surface area contributed by atoms with Crippen LogP contribution in [0.5, 0.6) is 0 Å². The van der Waals surface area contributed by atoms with Crippen molar-refractivity contribution in [2.75, 3.05) is 18.4 Å². The molecule has 0 radical (unpaired) electrons. The van der Waals surface area contributed by atoms with Gasteiger partial charge in [-0.3, -0.25) is 0 Å². The summed E-state index contributed by atoms with van der Waals surface area (Å²) in [5.41, 5.74) is 3.45. The molecule has 1 heterocycles. The number of carbonyl (C=O) groups excluding carboxylic acids is 1. The van der Waals surface area contributed by atoms with Crippen LogP contribution >= 0.6 is 0 Å². The van der Waals surface area contributed by atoms with Gasteiger partial charge in [-0.25, -0.2) is 4.79 Å². The number of amides is 2. The summed E-state index contributed by atoms with van der Waals surface area (Å²) in [6.45, 7) is 5.92. The zero-order valence-corrected chi connectivity index (χ0v) is 9.75. The summed E-state index contributed by atoms with van der Waals surface area (Å²) in [6.07, 6.45) is 2.70. The predicted molar refractivity (Wildman–Crippen MR) is 69.1 cm³/mol. The Bertz CT molecular complexity index is 429. The molecule has 0 spiro atoms. The summed E-state index contributed by atoms with van der Waals surface area (Å²) >= 11 is 0. The fourth-order valence-electron chi connectivity index (χ4n) is 1.90. The van der Waals surface area contributed by atoms with Gasteiger partial charge in [0, 0.05) is 18.8 Å². The quantitative estimate of drug-likeness (QED) is 0.693. The molecule has 0 fully saturated rings. The smallest absolute Gasteiger partial charge is 0.319 e. The lowest BCUT2D eigenvalue weighted by molar-refractivity contribution is 0.253. The molecule has 3 N–H and O–H groups in total. The second-order valence-electron chi connectivity index (χ2n) is 4.03. The maximum Gasteiger partial charge on any atom is 0.319 e. The molecular weight excluding hydrogens is 214 g/mol. The topological polar surface area (TPSA) is 53.2 Å². The first kappa shape index (κ1) is 11.7. The highest BCUT2D eigenvalue weighted by atomic mass is 16.2. The zero-order valence-electron chi connectivity index (χ0n) is 9.75. The highest BCUT2D eigenvalue weighted by Crippen LogP contribution is 2.18. The normalized spacial score (nSPS) is 13.6. The number of urea groups is 1. The molecule has 4 nitrogen and oxygen atoms in total. The lowest BCUT2D eigenvalue weighted by Gasteiger charge is -2.18. The van der Waals surface area contributed by atoms with E-state index in [0.717, 1.165) is 25.2 Å². The minimum absolute atomic E-state index is 0.200. The summed E-state index contributed by atoms with van der Waals surface area (Å²) in [7, 11) is 0. The van der Waals surface area contributed by atoms with Gasteiger partial charge in [-0.05, 0) is 36.2 Å². The molecule has 1 aliphatic rings. The number of rotatable bonds is 3. The number of hydrogen-bond donors (Lipinski definition) is 3.